The number of nitrogens with zero attached hydrogens (tertiary/aromatic N) is 4. The van der Waals surface area contributed by atoms with E-state index in [1.807, 2.05) is 31.3 Å². The average molecular weight is 426 g/mol. The van der Waals surface area contributed by atoms with Gasteiger partial charge in [0.1, 0.15) is 5.01 Å². The van der Waals surface area contributed by atoms with E-state index in [2.05, 4.69) is 81.8 Å². The molecule has 1 N–H and O–H groups in total. The van der Waals surface area contributed by atoms with Gasteiger partial charge in [0.05, 0.1) is 0 Å². The molecule has 2 aromatic heterocycles. The van der Waals surface area contributed by atoms with Gasteiger partial charge in [0, 0.05) is 48.0 Å². The summed E-state index contributed by atoms with van der Waals surface area (Å²) in [6.07, 6.45) is 4.22. The quantitative estimate of drug-likeness (QED) is 0.438. The number of hydrogen-bond donors (Lipinski definition) is 1. The third-order valence-corrected chi connectivity index (χ3v) is 6.37. The van der Waals surface area contributed by atoms with Crippen LogP contribution in [0.3, 0.4) is 0 Å². The van der Waals surface area contributed by atoms with Crippen LogP contribution in [0.15, 0.2) is 60.8 Å². The van der Waals surface area contributed by atoms with Crippen LogP contribution in [0.25, 0.3) is 22.2 Å². The number of aromatic nitrogens is 3. The lowest BCUT2D eigenvalue weighted by molar-refractivity contribution is 1.01. The van der Waals surface area contributed by atoms with Crippen LogP contribution in [0, 0.1) is 13.8 Å². The fraction of sp³-hybridized carbons (Fsp3) is 0.160. The van der Waals surface area contributed by atoms with E-state index in [9.17, 15) is 0 Å². The molecule has 5 rings (SSSR count). The first kappa shape index (κ1) is 19.5. The summed E-state index contributed by atoms with van der Waals surface area (Å²) in [4.78, 5) is 6.77. The number of aryl methyl sites for hydroxylation is 2. The van der Waals surface area contributed by atoms with E-state index < -0.39 is 0 Å². The van der Waals surface area contributed by atoms with Gasteiger partial charge in [0.25, 0.3) is 0 Å². The van der Waals surface area contributed by atoms with Crippen LogP contribution < -0.4 is 10.2 Å². The first-order valence-corrected chi connectivity index (χ1v) is 11.0. The number of likely N-dealkylation sites (N-methyl/N-ethyl adjacent to an activating group) is 1. The Hall–Kier alpha value is -3.51. The smallest absolute Gasteiger partial charge is 0.210 e. The lowest BCUT2D eigenvalue weighted by Crippen LogP contribution is -2.24. The molecule has 5 nitrogen and oxygen atoms in total. The minimum Gasteiger partial charge on any atom is -0.370 e. The third-order valence-electron chi connectivity index (χ3n) is 5.48. The molecule has 0 saturated carbocycles. The third kappa shape index (κ3) is 3.94. The van der Waals surface area contributed by atoms with Gasteiger partial charge in [-0.05, 0) is 54.8 Å². The number of pyridine rings is 1. The number of anilines is 3. The zero-order valence-corrected chi connectivity index (χ0v) is 18.6. The summed E-state index contributed by atoms with van der Waals surface area (Å²) >= 11 is 1.55. The van der Waals surface area contributed by atoms with Crippen molar-refractivity contribution in [3.8, 4) is 10.6 Å². The Bertz CT molecular complexity index is 1280. The average Bonchev–Trinajstić information content (AvgIpc) is 3.24. The second-order valence-electron chi connectivity index (χ2n) is 7.84. The highest BCUT2D eigenvalue weighted by Gasteiger charge is 2.18. The maximum Gasteiger partial charge on any atom is 0.210 e. The van der Waals surface area contributed by atoms with Crippen LogP contribution in [0.2, 0.25) is 0 Å². The fourth-order valence-electron chi connectivity index (χ4n) is 3.88. The highest BCUT2D eigenvalue weighted by molar-refractivity contribution is 7.18. The number of nitrogens with one attached hydrogen (secondary N) is 1. The molecule has 1 aliphatic heterocycles. The van der Waals surface area contributed by atoms with E-state index in [4.69, 9.17) is 0 Å². The van der Waals surface area contributed by atoms with Crippen molar-refractivity contribution in [2.24, 2.45) is 0 Å². The maximum atomic E-state index is 4.48. The van der Waals surface area contributed by atoms with Crippen LogP contribution in [0.1, 0.15) is 22.4 Å². The van der Waals surface area contributed by atoms with Gasteiger partial charge >= 0.3 is 0 Å². The predicted molar refractivity (Wildman–Crippen MR) is 130 cm³/mol. The van der Waals surface area contributed by atoms with Crippen molar-refractivity contribution in [3.63, 3.8) is 0 Å². The Morgan fingerprint density at radius 1 is 1.00 bits per heavy atom. The van der Waals surface area contributed by atoms with Gasteiger partial charge in [-0.1, -0.05) is 47.7 Å². The Morgan fingerprint density at radius 2 is 1.84 bits per heavy atom. The van der Waals surface area contributed by atoms with E-state index in [1.165, 1.54) is 22.4 Å². The van der Waals surface area contributed by atoms with Crippen molar-refractivity contribution in [2.75, 3.05) is 23.8 Å². The topological polar surface area (TPSA) is 53.9 Å². The van der Waals surface area contributed by atoms with Crippen LogP contribution >= 0.6 is 11.3 Å². The minimum absolute atomic E-state index is 0.786. The summed E-state index contributed by atoms with van der Waals surface area (Å²) in [5.41, 5.74) is 9.27. The zero-order chi connectivity index (χ0) is 21.4. The molecule has 0 amide bonds. The molecule has 3 heterocycles. The van der Waals surface area contributed by atoms with E-state index in [-0.39, 0.29) is 0 Å². The van der Waals surface area contributed by atoms with Crippen molar-refractivity contribution < 1.29 is 0 Å². The molecule has 0 unspecified atom stereocenters. The predicted octanol–water partition coefficient (Wildman–Crippen LogP) is 5.95. The van der Waals surface area contributed by atoms with Gasteiger partial charge in [0.15, 0.2) is 0 Å². The molecule has 0 aliphatic carbocycles. The van der Waals surface area contributed by atoms with E-state index in [0.29, 0.717) is 0 Å². The fourth-order valence-corrected chi connectivity index (χ4v) is 4.64. The largest absolute Gasteiger partial charge is 0.370 e. The second kappa shape index (κ2) is 7.96. The Labute approximate surface area is 186 Å². The second-order valence-corrected chi connectivity index (χ2v) is 8.82. The van der Waals surface area contributed by atoms with E-state index in [0.717, 1.165) is 39.2 Å². The molecule has 4 aromatic rings. The highest BCUT2D eigenvalue weighted by atomic mass is 32.1. The molecule has 6 heteroatoms. The van der Waals surface area contributed by atoms with Gasteiger partial charge in [-0.25, -0.2) is 0 Å². The lowest BCUT2D eigenvalue weighted by Gasteiger charge is -2.28. The number of hydrogen-bond acceptors (Lipinski definition) is 6. The molecule has 2 aromatic carbocycles. The zero-order valence-electron chi connectivity index (χ0n) is 17.8. The Morgan fingerprint density at radius 3 is 2.68 bits per heavy atom. The molecule has 31 heavy (non-hydrogen) atoms. The van der Waals surface area contributed by atoms with Gasteiger partial charge in [0.2, 0.25) is 5.13 Å². The maximum absolute atomic E-state index is 4.48. The molecule has 0 spiro atoms. The lowest BCUT2D eigenvalue weighted by atomic mass is 9.94. The SMILES string of the molecule is Cc1cc2c(cn1)C=C(c1cc(Nc3nnc(-c4ccccc4)s3)ccc1C)CN2C. The molecule has 0 atom stereocenters. The van der Waals surface area contributed by atoms with Crippen molar-refractivity contribution >= 4 is 39.5 Å². The van der Waals surface area contributed by atoms with Crippen molar-refractivity contribution in [1.29, 1.82) is 0 Å². The molecular formula is C25H23N5S. The summed E-state index contributed by atoms with van der Waals surface area (Å²) in [5.74, 6) is 0. The van der Waals surface area contributed by atoms with Gasteiger partial charge < -0.3 is 10.2 Å². The molecular weight excluding hydrogens is 402 g/mol. The Balaban J connectivity index is 1.44. The molecule has 0 radical (unpaired) electrons. The first-order chi connectivity index (χ1) is 15.1. The molecule has 0 fully saturated rings. The van der Waals surface area contributed by atoms with Crippen LogP contribution in [0.4, 0.5) is 16.5 Å². The summed E-state index contributed by atoms with van der Waals surface area (Å²) in [5, 5.41) is 13.8. The first-order valence-electron chi connectivity index (χ1n) is 10.2. The molecule has 154 valence electrons. The van der Waals surface area contributed by atoms with Crippen molar-refractivity contribution in [3.05, 3.63) is 83.2 Å². The highest BCUT2D eigenvalue weighted by Crippen LogP contribution is 2.35. The number of benzene rings is 2. The van der Waals surface area contributed by atoms with Crippen LogP contribution in [-0.4, -0.2) is 28.8 Å². The van der Waals surface area contributed by atoms with E-state index in [1.54, 1.807) is 11.3 Å². The van der Waals surface area contributed by atoms with Crippen LogP contribution in [-0.2, 0) is 0 Å². The van der Waals surface area contributed by atoms with Crippen LogP contribution in [0.5, 0.6) is 0 Å². The minimum atomic E-state index is 0.786. The summed E-state index contributed by atoms with van der Waals surface area (Å²) in [6, 6.07) is 18.7. The molecule has 0 bridgehead atoms. The normalized spacial score (nSPS) is 13.0. The van der Waals surface area contributed by atoms with Crippen molar-refractivity contribution in [1.82, 2.24) is 15.2 Å². The van der Waals surface area contributed by atoms with Gasteiger partial charge in [-0.2, -0.15) is 0 Å². The molecule has 1 aliphatic rings. The monoisotopic (exact) mass is 425 g/mol. The number of fused-ring (bicyclic) bond motifs is 1. The summed E-state index contributed by atoms with van der Waals surface area (Å²) < 4.78 is 0. The van der Waals surface area contributed by atoms with Crippen molar-refractivity contribution in [2.45, 2.75) is 13.8 Å². The standard InChI is InChI=1S/C25H23N5S/c1-16-9-10-21(27-25-29-28-24(31-25)18-7-5-4-6-8-18)13-22(16)20-12-19-14-26-17(2)11-23(19)30(3)15-20/h4-14H,15H2,1-3H3,(H,27,29). The Kier molecular flexibility index (Phi) is 5.00. The van der Waals surface area contributed by atoms with Gasteiger partial charge in [-0.15, -0.1) is 10.2 Å². The van der Waals surface area contributed by atoms with E-state index >= 15 is 0 Å². The summed E-state index contributed by atoms with van der Waals surface area (Å²) in [6.45, 7) is 5.04. The van der Waals surface area contributed by atoms with Gasteiger partial charge in [-0.3, -0.25) is 4.98 Å². The number of rotatable bonds is 4. The molecule has 0 saturated heterocycles. The summed E-state index contributed by atoms with van der Waals surface area (Å²) in [7, 11) is 2.13.